The normalized spacial score (nSPS) is 12.2. The van der Waals surface area contributed by atoms with Gasteiger partial charge in [0.25, 0.3) is 5.91 Å². The molecule has 0 saturated heterocycles. The van der Waals surface area contributed by atoms with Crippen LogP contribution >= 0.6 is 11.6 Å². The maximum absolute atomic E-state index is 11.4. The Balaban J connectivity index is 3.04. The number of hydrogen-bond donors (Lipinski definition) is 2. The Morgan fingerprint density at radius 3 is 2.74 bits per heavy atom. The molecule has 0 aliphatic carbocycles. The maximum atomic E-state index is 11.4. The number of carbonyl (C=O) groups is 2. The van der Waals surface area contributed by atoms with Crippen molar-refractivity contribution >= 4 is 29.6 Å². The summed E-state index contributed by atoms with van der Waals surface area (Å²) < 4.78 is 5.47. The molecule has 0 aliphatic rings. The fourth-order valence-electron chi connectivity index (χ4n) is 1.38. The van der Waals surface area contributed by atoms with Crippen molar-refractivity contribution in [3.05, 3.63) is 34.9 Å². The summed E-state index contributed by atoms with van der Waals surface area (Å²) in [6, 6.07) is 4.92. The van der Waals surface area contributed by atoms with Crippen molar-refractivity contribution in [2.45, 2.75) is 13.0 Å². The van der Waals surface area contributed by atoms with Gasteiger partial charge in [-0.1, -0.05) is 23.7 Å². The Morgan fingerprint density at radius 2 is 2.16 bits per heavy atom. The standard InChI is InChI=1S/C13H14ClNO4/c1-8(13(18)15-2)19-12-9(6-7-11(16)17)4-3-5-10(12)14/h3-8H,1-2H3,(H,15,18)(H,16,17)/b7-6+. The first-order valence-corrected chi connectivity index (χ1v) is 5.91. The van der Waals surface area contributed by atoms with Crippen LogP contribution < -0.4 is 10.1 Å². The fraction of sp³-hybridized carbons (Fsp3) is 0.231. The summed E-state index contributed by atoms with van der Waals surface area (Å²) in [4.78, 5) is 21.9. The minimum atomic E-state index is -1.08. The highest BCUT2D eigenvalue weighted by atomic mass is 35.5. The van der Waals surface area contributed by atoms with Crippen molar-refractivity contribution in [2.24, 2.45) is 0 Å². The van der Waals surface area contributed by atoms with Crippen LogP contribution in [0.25, 0.3) is 6.08 Å². The predicted molar refractivity (Wildman–Crippen MR) is 72.3 cm³/mol. The predicted octanol–water partition coefficient (Wildman–Crippen LogP) is 1.95. The Kier molecular flexibility index (Phi) is 5.38. The van der Waals surface area contributed by atoms with E-state index < -0.39 is 12.1 Å². The van der Waals surface area contributed by atoms with Crippen LogP contribution in [0, 0.1) is 0 Å². The van der Waals surface area contributed by atoms with Crippen LogP contribution in [-0.4, -0.2) is 30.1 Å². The molecule has 2 N–H and O–H groups in total. The summed E-state index contributed by atoms with van der Waals surface area (Å²) in [6.45, 7) is 1.58. The van der Waals surface area contributed by atoms with E-state index in [4.69, 9.17) is 21.4 Å². The van der Waals surface area contributed by atoms with E-state index in [1.807, 2.05) is 0 Å². The maximum Gasteiger partial charge on any atom is 0.328 e. The van der Waals surface area contributed by atoms with Gasteiger partial charge >= 0.3 is 5.97 Å². The van der Waals surface area contributed by atoms with Crippen molar-refractivity contribution in [3.8, 4) is 5.75 Å². The first-order chi connectivity index (χ1) is 8.95. The number of likely N-dealkylation sites (N-methyl/N-ethyl adjacent to an activating group) is 1. The van der Waals surface area contributed by atoms with E-state index in [0.29, 0.717) is 10.6 Å². The van der Waals surface area contributed by atoms with Crippen LogP contribution in [0.1, 0.15) is 12.5 Å². The Labute approximate surface area is 115 Å². The molecule has 19 heavy (non-hydrogen) atoms. The van der Waals surface area contributed by atoms with Crippen molar-refractivity contribution in [1.29, 1.82) is 0 Å². The monoisotopic (exact) mass is 283 g/mol. The van der Waals surface area contributed by atoms with E-state index in [-0.39, 0.29) is 11.7 Å². The molecule has 1 atom stereocenters. The molecular weight excluding hydrogens is 270 g/mol. The number of ether oxygens (including phenoxy) is 1. The summed E-state index contributed by atoms with van der Waals surface area (Å²) in [5, 5.41) is 11.4. The summed E-state index contributed by atoms with van der Waals surface area (Å²) in [5.74, 6) is -1.10. The molecule has 0 spiro atoms. The zero-order chi connectivity index (χ0) is 14.4. The average Bonchev–Trinajstić information content (AvgIpc) is 2.38. The lowest BCUT2D eigenvalue weighted by atomic mass is 10.2. The Morgan fingerprint density at radius 1 is 1.47 bits per heavy atom. The second kappa shape index (κ2) is 6.80. The third-order valence-corrected chi connectivity index (χ3v) is 2.61. The zero-order valence-corrected chi connectivity index (χ0v) is 11.3. The van der Waals surface area contributed by atoms with Crippen LogP contribution in [0.3, 0.4) is 0 Å². The number of carboxylic acid groups (broad SMARTS) is 1. The van der Waals surface area contributed by atoms with Crippen LogP contribution in [0.15, 0.2) is 24.3 Å². The minimum absolute atomic E-state index is 0.276. The number of halogens is 1. The first-order valence-electron chi connectivity index (χ1n) is 5.53. The number of carbonyl (C=O) groups excluding carboxylic acids is 1. The Hall–Kier alpha value is -2.01. The number of aliphatic carboxylic acids is 1. The molecule has 1 aromatic rings. The smallest absolute Gasteiger partial charge is 0.328 e. The second-order valence-corrected chi connectivity index (χ2v) is 4.11. The molecule has 102 valence electrons. The summed E-state index contributed by atoms with van der Waals surface area (Å²) >= 11 is 6.00. The molecule has 0 fully saturated rings. The van der Waals surface area contributed by atoms with Crippen LogP contribution in [0.4, 0.5) is 0 Å². The highest BCUT2D eigenvalue weighted by molar-refractivity contribution is 6.32. The second-order valence-electron chi connectivity index (χ2n) is 3.70. The van der Waals surface area contributed by atoms with Crippen LogP contribution in [0.5, 0.6) is 5.75 Å². The highest BCUT2D eigenvalue weighted by Gasteiger charge is 2.16. The number of amides is 1. The largest absolute Gasteiger partial charge is 0.479 e. The van der Waals surface area contributed by atoms with Gasteiger partial charge in [0.15, 0.2) is 6.10 Å². The highest BCUT2D eigenvalue weighted by Crippen LogP contribution is 2.30. The lowest BCUT2D eigenvalue weighted by Crippen LogP contribution is -2.33. The molecule has 6 heteroatoms. The summed E-state index contributed by atoms with van der Waals surface area (Å²) in [6.07, 6.45) is 1.60. The van der Waals surface area contributed by atoms with Crippen molar-refractivity contribution in [2.75, 3.05) is 7.05 Å². The molecular formula is C13H14ClNO4. The molecule has 1 unspecified atom stereocenters. The molecule has 1 rings (SSSR count). The topological polar surface area (TPSA) is 75.6 Å². The van der Waals surface area contributed by atoms with E-state index in [2.05, 4.69) is 5.32 Å². The van der Waals surface area contributed by atoms with E-state index >= 15 is 0 Å². The van der Waals surface area contributed by atoms with Gasteiger partial charge in [-0.05, 0) is 19.1 Å². The van der Waals surface area contributed by atoms with E-state index in [9.17, 15) is 9.59 Å². The van der Waals surface area contributed by atoms with Gasteiger partial charge in [0.1, 0.15) is 5.75 Å². The molecule has 0 bridgehead atoms. The van der Waals surface area contributed by atoms with Gasteiger partial charge in [0.2, 0.25) is 0 Å². The Bertz CT molecular complexity index is 513. The molecule has 0 saturated carbocycles. The number of para-hydroxylation sites is 1. The number of nitrogens with one attached hydrogen (secondary N) is 1. The lowest BCUT2D eigenvalue weighted by Gasteiger charge is -2.16. The minimum Gasteiger partial charge on any atom is -0.479 e. The van der Waals surface area contributed by atoms with Gasteiger partial charge in [-0.2, -0.15) is 0 Å². The number of carboxylic acids is 1. The van der Waals surface area contributed by atoms with E-state index in [1.165, 1.54) is 13.1 Å². The summed E-state index contributed by atoms with van der Waals surface area (Å²) in [5.41, 5.74) is 0.491. The van der Waals surface area contributed by atoms with Gasteiger partial charge in [-0.3, -0.25) is 4.79 Å². The number of benzene rings is 1. The molecule has 0 aliphatic heterocycles. The first kappa shape index (κ1) is 15.0. The number of rotatable bonds is 5. The lowest BCUT2D eigenvalue weighted by molar-refractivity contribution is -0.131. The van der Waals surface area contributed by atoms with Crippen molar-refractivity contribution < 1.29 is 19.4 Å². The third-order valence-electron chi connectivity index (χ3n) is 2.31. The number of hydrogen-bond acceptors (Lipinski definition) is 3. The molecule has 0 radical (unpaired) electrons. The zero-order valence-electron chi connectivity index (χ0n) is 10.5. The van der Waals surface area contributed by atoms with Gasteiger partial charge in [-0.15, -0.1) is 0 Å². The van der Waals surface area contributed by atoms with Gasteiger partial charge in [0.05, 0.1) is 5.02 Å². The van der Waals surface area contributed by atoms with Crippen LogP contribution in [-0.2, 0) is 9.59 Å². The van der Waals surface area contributed by atoms with Crippen molar-refractivity contribution in [1.82, 2.24) is 5.32 Å². The quantitative estimate of drug-likeness (QED) is 0.810. The van der Waals surface area contributed by atoms with Crippen LogP contribution in [0.2, 0.25) is 5.02 Å². The van der Waals surface area contributed by atoms with E-state index in [0.717, 1.165) is 6.08 Å². The molecule has 1 aromatic carbocycles. The van der Waals surface area contributed by atoms with Crippen molar-refractivity contribution in [3.63, 3.8) is 0 Å². The molecule has 0 heterocycles. The molecule has 1 amide bonds. The third kappa shape index (κ3) is 4.30. The average molecular weight is 284 g/mol. The van der Waals surface area contributed by atoms with Gasteiger partial charge in [0, 0.05) is 18.7 Å². The molecule has 0 aromatic heterocycles. The molecule has 5 nitrogen and oxygen atoms in total. The van der Waals surface area contributed by atoms with E-state index in [1.54, 1.807) is 25.1 Å². The van der Waals surface area contributed by atoms with Gasteiger partial charge in [-0.25, -0.2) is 4.79 Å². The van der Waals surface area contributed by atoms with Gasteiger partial charge < -0.3 is 15.2 Å². The fourth-order valence-corrected chi connectivity index (χ4v) is 1.60. The summed E-state index contributed by atoms with van der Waals surface area (Å²) in [7, 11) is 1.50. The SMILES string of the molecule is CNC(=O)C(C)Oc1c(Cl)cccc1/C=C/C(=O)O.